The first-order valence-electron chi connectivity index (χ1n) is 8.09. The minimum Gasteiger partial charge on any atom is -0.338 e. The first kappa shape index (κ1) is 18.6. The highest BCUT2D eigenvalue weighted by Gasteiger charge is 2.16. The molecule has 0 aromatic carbocycles. The van der Waals surface area contributed by atoms with Gasteiger partial charge in [0.1, 0.15) is 5.83 Å². The molecule has 0 unspecified atom stereocenters. The van der Waals surface area contributed by atoms with Gasteiger partial charge in [-0.05, 0) is 24.1 Å². The van der Waals surface area contributed by atoms with Gasteiger partial charge in [0.05, 0.1) is 5.57 Å². The Morgan fingerprint density at radius 1 is 1.22 bits per heavy atom. The van der Waals surface area contributed by atoms with Gasteiger partial charge >= 0.3 is 0 Å². The van der Waals surface area contributed by atoms with Crippen molar-refractivity contribution in [2.45, 2.75) is 13.3 Å². The van der Waals surface area contributed by atoms with Gasteiger partial charge in [-0.2, -0.15) is 0 Å². The number of nitrogens with zero attached hydrogens (tertiary/aromatic N) is 5. The smallest absolute Gasteiger partial charge is 0.184 e. The first-order chi connectivity index (χ1) is 13.0. The van der Waals surface area contributed by atoms with Crippen LogP contribution >= 0.6 is 11.6 Å². The average molecular weight is 383 g/mol. The lowest BCUT2D eigenvalue weighted by atomic mass is 10.2. The Morgan fingerprint density at radius 3 is 2.70 bits per heavy atom. The third kappa shape index (κ3) is 4.15. The minimum atomic E-state index is -0.732. The summed E-state index contributed by atoms with van der Waals surface area (Å²) in [5.74, 6) is -0.271. The SMILES string of the molecule is C=C(Cl)/C=C(\C(=C)F)c1nc(Nc2ccncc2CC)c2nccnc2n1. The number of aryl methyl sites for hydroxylation is 1. The highest BCUT2D eigenvalue weighted by atomic mass is 35.5. The summed E-state index contributed by atoms with van der Waals surface area (Å²) in [4.78, 5) is 21.3. The fraction of sp³-hybridized carbons (Fsp3) is 0.105. The Labute approximate surface area is 160 Å². The van der Waals surface area contributed by atoms with Gasteiger partial charge in [-0.15, -0.1) is 0 Å². The molecule has 0 aliphatic carbocycles. The van der Waals surface area contributed by atoms with Crippen LogP contribution < -0.4 is 5.32 Å². The third-order valence-electron chi connectivity index (χ3n) is 3.70. The van der Waals surface area contributed by atoms with E-state index in [4.69, 9.17) is 11.6 Å². The summed E-state index contributed by atoms with van der Waals surface area (Å²) in [6.07, 6.45) is 8.57. The number of fused-ring (bicyclic) bond motifs is 1. The van der Waals surface area contributed by atoms with E-state index in [0.717, 1.165) is 17.7 Å². The van der Waals surface area contributed by atoms with Crippen molar-refractivity contribution in [2.24, 2.45) is 0 Å². The van der Waals surface area contributed by atoms with Crippen LogP contribution in [0.15, 0.2) is 60.9 Å². The second-order valence-corrected chi connectivity index (χ2v) is 6.03. The molecule has 3 aromatic heterocycles. The van der Waals surface area contributed by atoms with Crippen molar-refractivity contribution in [1.82, 2.24) is 24.9 Å². The van der Waals surface area contributed by atoms with Crippen molar-refractivity contribution < 1.29 is 4.39 Å². The van der Waals surface area contributed by atoms with Gasteiger partial charge in [0.25, 0.3) is 0 Å². The Kier molecular flexibility index (Phi) is 5.52. The van der Waals surface area contributed by atoms with Crippen molar-refractivity contribution >= 4 is 39.8 Å². The van der Waals surface area contributed by atoms with Gasteiger partial charge in [-0.1, -0.05) is 31.7 Å². The number of hydrogen-bond donors (Lipinski definition) is 1. The second-order valence-electron chi connectivity index (χ2n) is 5.55. The van der Waals surface area contributed by atoms with E-state index in [1.165, 1.54) is 18.5 Å². The lowest BCUT2D eigenvalue weighted by Gasteiger charge is -2.13. The average Bonchev–Trinajstić information content (AvgIpc) is 2.66. The van der Waals surface area contributed by atoms with Gasteiger partial charge in [0, 0.05) is 35.5 Å². The molecular weight excluding hydrogens is 367 g/mol. The highest BCUT2D eigenvalue weighted by Crippen LogP contribution is 2.28. The number of nitrogens with one attached hydrogen (secondary N) is 1. The maximum absolute atomic E-state index is 14.0. The number of aromatic nitrogens is 5. The van der Waals surface area contributed by atoms with Crippen LogP contribution in [0.2, 0.25) is 0 Å². The van der Waals surface area contributed by atoms with Crippen molar-refractivity contribution in [3.05, 3.63) is 72.3 Å². The van der Waals surface area contributed by atoms with E-state index in [1.54, 1.807) is 12.4 Å². The van der Waals surface area contributed by atoms with E-state index >= 15 is 0 Å². The molecular formula is C19H16ClFN6. The molecule has 1 N–H and O–H groups in total. The third-order valence-corrected chi connectivity index (χ3v) is 3.81. The molecule has 3 aromatic rings. The number of allylic oxidation sites excluding steroid dienone is 4. The molecule has 0 amide bonds. The summed E-state index contributed by atoms with van der Waals surface area (Å²) >= 11 is 5.81. The highest BCUT2D eigenvalue weighted by molar-refractivity contribution is 6.31. The van der Waals surface area contributed by atoms with Crippen LogP contribution in [-0.2, 0) is 6.42 Å². The summed E-state index contributed by atoms with van der Waals surface area (Å²) in [7, 11) is 0. The number of anilines is 2. The van der Waals surface area contributed by atoms with E-state index in [1.807, 2.05) is 13.0 Å². The fourth-order valence-corrected chi connectivity index (χ4v) is 2.56. The van der Waals surface area contributed by atoms with Crippen molar-refractivity contribution in [3.63, 3.8) is 0 Å². The second kappa shape index (κ2) is 8.01. The van der Waals surface area contributed by atoms with Crippen LogP contribution in [0, 0.1) is 0 Å². The molecule has 136 valence electrons. The Balaban J connectivity index is 2.19. The van der Waals surface area contributed by atoms with Crippen molar-refractivity contribution in [1.29, 1.82) is 0 Å². The zero-order valence-corrected chi connectivity index (χ0v) is 15.3. The van der Waals surface area contributed by atoms with Crippen molar-refractivity contribution in [3.8, 4) is 0 Å². The zero-order chi connectivity index (χ0) is 19.4. The van der Waals surface area contributed by atoms with Gasteiger partial charge in [-0.25, -0.2) is 24.3 Å². The fourth-order valence-electron chi connectivity index (χ4n) is 2.45. The molecule has 0 radical (unpaired) electrons. The maximum Gasteiger partial charge on any atom is 0.184 e. The molecule has 0 saturated heterocycles. The topological polar surface area (TPSA) is 76.5 Å². The number of halogens is 2. The monoisotopic (exact) mass is 382 g/mol. The van der Waals surface area contributed by atoms with Crippen LogP contribution in [0.25, 0.3) is 16.7 Å². The molecule has 0 saturated carbocycles. The first-order valence-corrected chi connectivity index (χ1v) is 8.47. The normalized spacial score (nSPS) is 11.4. The van der Waals surface area contributed by atoms with Crippen LogP contribution in [0.4, 0.5) is 15.9 Å². The molecule has 0 bridgehead atoms. The summed E-state index contributed by atoms with van der Waals surface area (Å²) in [6, 6.07) is 1.83. The number of pyridine rings is 1. The Bertz CT molecular complexity index is 1060. The van der Waals surface area contributed by atoms with E-state index in [2.05, 4.69) is 43.4 Å². The molecule has 0 atom stereocenters. The van der Waals surface area contributed by atoms with Gasteiger partial charge in [0.2, 0.25) is 0 Å². The Morgan fingerprint density at radius 2 is 2.00 bits per heavy atom. The van der Waals surface area contributed by atoms with Crippen LogP contribution in [0.1, 0.15) is 18.3 Å². The standard InChI is InChI=1S/C19H16ClFN6/c1-4-13-10-22-6-5-15(13)25-19-16-18(24-8-7-23-16)26-17(27-19)14(12(3)21)9-11(2)20/h5-10H,2-4H2,1H3,(H,22,24,25,26,27)/b14-9+. The van der Waals surface area contributed by atoms with E-state index in [0.29, 0.717) is 17.0 Å². The largest absolute Gasteiger partial charge is 0.338 e. The van der Waals surface area contributed by atoms with Gasteiger partial charge in [-0.3, -0.25) is 4.98 Å². The minimum absolute atomic E-state index is 0.0241. The lowest BCUT2D eigenvalue weighted by molar-refractivity contribution is 0.676. The van der Waals surface area contributed by atoms with Gasteiger partial charge in [0.15, 0.2) is 22.8 Å². The van der Waals surface area contributed by atoms with Crippen LogP contribution in [-0.4, -0.2) is 24.9 Å². The van der Waals surface area contributed by atoms with Gasteiger partial charge < -0.3 is 5.32 Å². The quantitative estimate of drug-likeness (QED) is 0.620. The molecule has 8 heteroatoms. The molecule has 0 aliphatic heterocycles. The summed E-state index contributed by atoms with van der Waals surface area (Å²) in [6.45, 7) is 8.90. The number of hydrogen-bond acceptors (Lipinski definition) is 6. The zero-order valence-electron chi connectivity index (χ0n) is 14.6. The van der Waals surface area contributed by atoms with E-state index in [-0.39, 0.29) is 16.4 Å². The summed E-state index contributed by atoms with van der Waals surface area (Å²) in [5.41, 5.74) is 2.60. The predicted molar refractivity (Wildman–Crippen MR) is 105 cm³/mol. The van der Waals surface area contributed by atoms with E-state index < -0.39 is 5.83 Å². The molecule has 0 fully saturated rings. The Hall–Kier alpha value is -3.19. The van der Waals surface area contributed by atoms with Crippen LogP contribution in [0.3, 0.4) is 0 Å². The van der Waals surface area contributed by atoms with Crippen molar-refractivity contribution in [2.75, 3.05) is 5.32 Å². The maximum atomic E-state index is 14.0. The molecule has 3 heterocycles. The lowest BCUT2D eigenvalue weighted by Crippen LogP contribution is -2.05. The molecule has 27 heavy (non-hydrogen) atoms. The summed E-state index contributed by atoms with van der Waals surface area (Å²) < 4.78 is 14.0. The molecule has 3 rings (SSSR count). The van der Waals surface area contributed by atoms with Crippen LogP contribution in [0.5, 0.6) is 0 Å². The molecule has 0 spiro atoms. The summed E-state index contributed by atoms with van der Waals surface area (Å²) in [5, 5.41) is 3.35. The number of rotatable bonds is 6. The van der Waals surface area contributed by atoms with E-state index in [9.17, 15) is 4.39 Å². The molecule has 6 nitrogen and oxygen atoms in total. The molecule has 0 aliphatic rings. The predicted octanol–water partition coefficient (Wildman–Crippen LogP) is 4.74.